The van der Waals surface area contributed by atoms with Gasteiger partial charge in [-0.2, -0.15) is 0 Å². The van der Waals surface area contributed by atoms with Crippen molar-refractivity contribution >= 4 is 17.9 Å². The van der Waals surface area contributed by atoms with E-state index in [1.165, 1.54) is 0 Å². The zero-order valence-corrected chi connectivity index (χ0v) is 19.1. The topological polar surface area (TPSA) is 74.3 Å². The third-order valence-corrected chi connectivity index (χ3v) is 6.65. The van der Waals surface area contributed by atoms with Gasteiger partial charge in [-0.15, -0.1) is 0 Å². The van der Waals surface area contributed by atoms with Crippen molar-refractivity contribution < 1.29 is 9.53 Å². The number of ether oxygens (including phenoxy) is 1. The van der Waals surface area contributed by atoms with E-state index in [4.69, 9.17) is 4.74 Å². The van der Waals surface area contributed by atoms with E-state index in [0.29, 0.717) is 18.8 Å². The second-order valence-electron chi connectivity index (χ2n) is 7.84. The number of aromatic amines is 1. The average Bonchev–Trinajstić information content (AvgIpc) is 3.34. The summed E-state index contributed by atoms with van der Waals surface area (Å²) in [5.74, 6) is 0.576. The van der Waals surface area contributed by atoms with Crippen molar-refractivity contribution in [2.45, 2.75) is 30.2 Å². The number of piperazine rings is 1. The van der Waals surface area contributed by atoms with E-state index >= 15 is 0 Å². The first-order valence-electron chi connectivity index (χ1n) is 11.0. The van der Waals surface area contributed by atoms with Crippen molar-refractivity contribution in [2.24, 2.45) is 0 Å². The molecule has 1 saturated heterocycles. The zero-order valence-electron chi connectivity index (χ0n) is 18.3. The Hall–Kier alpha value is -2.84. The van der Waals surface area contributed by atoms with Crippen LogP contribution in [0.3, 0.4) is 0 Å². The Bertz CT molecular complexity index is 958. The van der Waals surface area contributed by atoms with Crippen molar-refractivity contribution in [3.8, 4) is 5.75 Å². The first-order valence-corrected chi connectivity index (χ1v) is 11.9. The second-order valence-corrected chi connectivity index (χ2v) is 9.17. The van der Waals surface area contributed by atoms with Crippen LogP contribution in [0.1, 0.15) is 29.9 Å². The number of imidazole rings is 1. The van der Waals surface area contributed by atoms with E-state index in [0.717, 1.165) is 48.9 Å². The third-order valence-electron chi connectivity index (χ3n) is 5.58. The number of benzene rings is 1. The number of pyridine rings is 1. The summed E-state index contributed by atoms with van der Waals surface area (Å²) in [6, 6.07) is 13.8. The smallest absolute Gasteiger partial charge is 0.410 e. The number of H-pyrrole nitrogens is 1. The van der Waals surface area contributed by atoms with Gasteiger partial charge in [0.05, 0.1) is 0 Å². The van der Waals surface area contributed by atoms with Gasteiger partial charge in [0.15, 0.2) is 5.16 Å². The van der Waals surface area contributed by atoms with Crippen LogP contribution in [0.5, 0.6) is 5.75 Å². The summed E-state index contributed by atoms with van der Waals surface area (Å²) in [5, 5.41) is 1.14. The SMILES string of the molecule is CC(Sc1ncc[nH]1)c1ccc(OC(=O)N2CCN(CCCc3ccccn3)CC2)cc1. The van der Waals surface area contributed by atoms with E-state index in [1.807, 2.05) is 48.8 Å². The van der Waals surface area contributed by atoms with Crippen LogP contribution in [0.4, 0.5) is 4.79 Å². The van der Waals surface area contributed by atoms with Gasteiger partial charge in [-0.3, -0.25) is 9.88 Å². The molecule has 0 radical (unpaired) electrons. The molecule has 1 aliphatic heterocycles. The molecule has 0 saturated carbocycles. The number of carbonyl (C=O) groups is 1. The molecule has 7 nitrogen and oxygen atoms in total. The normalized spacial score (nSPS) is 15.5. The van der Waals surface area contributed by atoms with Gasteiger partial charge >= 0.3 is 6.09 Å². The van der Waals surface area contributed by atoms with E-state index < -0.39 is 0 Å². The van der Waals surface area contributed by atoms with E-state index in [1.54, 1.807) is 22.9 Å². The molecular formula is C24H29N5O2S. The van der Waals surface area contributed by atoms with Gasteiger partial charge in [-0.05, 0) is 56.1 Å². The van der Waals surface area contributed by atoms with Crippen molar-refractivity contribution in [1.82, 2.24) is 24.8 Å². The number of amides is 1. The number of thioether (sulfide) groups is 1. The molecule has 3 heterocycles. The van der Waals surface area contributed by atoms with Gasteiger partial charge in [0.25, 0.3) is 0 Å². The highest BCUT2D eigenvalue weighted by Crippen LogP contribution is 2.33. The van der Waals surface area contributed by atoms with Crippen LogP contribution in [0.15, 0.2) is 66.2 Å². The molecule has 0 spiro atoms. The van der Waals surface area contributed by atoms with Gasteiger partial charge < -0.3 is 14.6 Å². The van der Waals surface area contributed by atoms with Crippen LogP contribution < -0.4 is 4.74 Å². The fraction of sp³-hybridized carbons (Fsp3) is 0.375. The number of nitrogens with one attached hydrogen (secondary N) is 1. The number of nitrogens with zero attached hydrogens (tertiary/aromatic N) is 4. The highest BCUT2D eigenvalue weighted by atomic mass is 32.2. The Labute approximate surface area is 193 Å². The summed E-state index contributed by atoms with van der Waals surface area (Å²) < 4.78 is 5.60. The summed E-state index contributed by atoms with van der Waals surface area (Å²) in [7, 11) is 0. The van der Waals surface area contributed by atoms with Crippen molar-refractivity contribution in [2.75, 3.05) is 32.7 Å². The summed E-state index contributed by atoms with van der Waals surface area (Å²) in [5.41, 5.74) is 2.29. The maximum Gasteiger partial charge on any atom is 0.415 e. The Kier molecular flexibility index (Phi) is 7.79. The molecule has 168 valence electrons. The third kappa shape index (κ3) is 6.34. The first-order chi connectivity index (χ1) is 15.7. The summed E-state index contributed by atoms with van der Waals surface area (Å²) >= 11 is 1.66. The molecule has 4 rings (SSSR count). The minimum atomic E-state index is -0.274. The maximum atomic E-state index is 12.6. The largest absolute Gasteiger partial charge is 0.415 e. The molecule has 3 aromatic rings. The second kappa shape index (κ2) is 11.2. The fourth-order valence-corrected chi connectivity index (χ4v) is 4.59. The number of hydrogen-bond donors (Lipinski definition) is 1. The lowest BCUT2D eigenvalue weighted by Gasteiger charge is -2.34. The standard InChI is InChI=1S/C24H29N5O2S/c1-19(32-23-26-12-13-27-23)20-7-9-22(10-8-20)31-24(30)29-17-15-28(16-18-29)14-4-6-21-5-2-3-11-25-21/h2-3,5,7-13,19H,4,6,14-18H2,1H3,(H,26,27). The molecule has 0 aliphatic carbocycles. The Morgan fingerprint density at radius 3 is 2.59 bits per heavy atom. The predicted octanol–water partition coefficient (Wildman–Crippen LogP) is 4.41. The Morgan fingerprint density at radius 1 is 1.09 bits per heavy atom. The van der Waals surface area contributed by atoms with Crippen LogP contribution in [0, 0.1) is 0 Å². The molecule has 0 bridgehead atoms. The van der Waals surface area contributed by atoms with E-state index in [9.17, 15) is 4.79 Å². The van der Waals surface area contributed by atoms with Crippen molar-refractivity contribution in [3.63, 3.8) is 0 Å². The molecule has 1 N–H and O–H groups in total. The molecule has 1 aliphatic rings. The number of hydrogen-bond acceptors (Lipinski definition) is 6. The quantitative estimate of drug-likeness (QED) is 0.512. The molecule has 32 heavy (non-hydrogen) atoms. The highest BCUT2D eigenvalue weighted by Gasteiger charge is 2.22. The zero-order chi connectivity index (χ0) is 22.2. The minimum absolute atomic E-state index is 0.247. The Morgan fingerprint density at radius 2 is 1.91 bits per heavy atom. The number of carbonyl (C=O) groups excluding carboxylic acids is 1. The molecule has 1 atom stereocenters. The summed E-state index contributed by atoms with van der Waals surface area (Å²) in [4.78, 5) is 28.5. The van der Waals surface area contributed by atoms with Gasteiger partial charge in [0.1, 0.15) is 5.75 Å². The van der Waals surface area contributed by atoms with Gasteiger partial charge in [0, 0.05) is 55.7 Å². The lowest BCUT2D eigenvalue weighted by molar-refractivity contribution is 0.110. The van der Waals surface area contributed by atoms with Gasteiger partial charge in [-0.1, -0.05) is 30.0 Å². The Balaban J connectivity index is 1.18. The maximum absolute atomic E-state index is 12.6. The number of rotatable bonds is 8. The monoisotopic (exact) mass is 451 g/mol. The van der Waals surface area contributed by atoms with Gasteiger partial charge in [-0.25, -0.2) is 9.78 Å². The summed E-state index contributed by atoms with van der Waals surface area (Å²) in [6.07, 6.45) is 7.19. The first kappa shape index (κ1) is 22.4. The molecule has 1 unspecified atom stereocenters. The molecule has 2 aromatic heterocycles. The molecule has 1 fully saturated rings. The van der Waals surface area contributed by atoms with Crippen LogP contribution in [-0.4, -0.2) is 63.6 Å². The molecule has 1 aromatic carbocycles. The van der Waals surface area contributed by atoms with Gasteiger partial charge in [0.2, 0.25) is 0 Å². The van der Waals surface area contributed by atoms with Crippen LogP contribution in [0.2, 0.25) is 0 Å². The van der Waals surface area contributed by atoms with E-state index in [2.05, 4.69) is 32.8 Å². The minimum Gasteiger partial charge on any atom is -0.410 e. The lowest BCUT2D eigenvalue weighted by atomic mass is 10.1. The number of aryl methyl sites for hydroxylation is 1. The van der Waals surface area contributed by atoms with Crippen molar-refractivity contribution in [1.29, 1.82) is 0 Å². The van der Waals surface area contributed by atoms with Crippen LogP contribution in [-0.2, 0) is 6.42 Å². The highest BCUT2D eigenvalue weighted by molar-refractivity contribution is 7.99. The molecule has 1 amide bonds. The van der Waals surface area contributed by atoms with E-state index in [-0.39, 0.29) is 11.3 Å². The fourth-order valence-electron chi connectivity index (χ4n) is 3.71. The van der Waals surface area contributed by atoms with Crippen LogP contribution >= 0.6 is 11.8 Å². The predicted molar refractivity (Wildman–Crippen MR) is 126 cm³/mol. The molecule has 8 heteroatoms. The summed E-state index contributed by atoms with van der Waals surface area (Å²) in [6.45, 7) is 6.28. The van der Waals surface area contributed by atoms with Crippen LogP contribution in [0.25, 0.3) is 0 Å². The lowest BCUT2D eigenvalue weighted by Crippen LogP contribution is -2.49. The average molecular weight is 452 g/mol. The number of aromatic nitrogens is 3. The molecular weight excluding hydrogens is 422 g/mol. The van der Waals surface area contributed by atoms with Crippen molar-refractivity contribution in [3.05, 3.63) is 72.3 Å².